The van der Waals surface area contributed by atoms with Crippen LogP contribution in [0.1, 0.15) is 13.3 Å². The van der Waals surface area contributed by atoms with Gasteiger partial charge >= 0.3 is 0 Å². The van der Waals surface area contributed by atoms with E-state index in [4.69, 9.17) is 5.11 Å². The largest absolute Gasteiger partial charge is 0.396 e. The van der Waals surface area contributed by atoms with Crippen LogP contribution >= 0.6 is 0 Å². The van der Waals surface area contributed by atoms with Crippen molar-refractivity contribution in [2.24, 2.45) is 0 Å². The molecule has 0 amide bonds. The van der Waals surface area contributed by atoms with Gasteiger partial charge in [0.1, 0.15) is 0 Å². The molecule has 2 nitrogen and oxygen atoms in total. The van der Waals surface area contributed by atoms with Crippen LogP contribution < -0.4 is 5.32 Å². The lowest BCUT2D eigenvalue weighted by molar-refractivity contribution is 0.282. The van der Waals surface area contributed by atoms with Crippen molar-refractivity contribution >= 4 is 16.5 Å². The van der Waals surface area contributed by atoms with E-state index in [1.54, 1.807) is 0 Å². The van der Waals surface area contributed by atoms with Crippen molar-refractivity contribution in [2.75, 3.05) is 11.9 Å². The topological polar surface area (TPSA) is 32.3 Å². The van der Waals surface area contributed by atoms with Gasteiger partial charge in [-0.05, 0) is 36.2 Å². The predicted molar refractivity (Wildman–Crippen MR) is 68.7 cm³/mol. The number of hydrogen-bond acceptors (Lipinski definition) is 2. The zero-order valence-electron chi connectivity index (χ0n) is 9.48. The quantitative estimate of drug-likeness (QED) is 0.821. The van der Waals surface area contributed by atoms with E-state index in [-0.39, 0.29) is 6.61 Å². The molecule has 0 spiro atoms. The van der Waals surface area contributed by atoms with E-state index < -0.39 is 0 Å². The van der Waals surface area contributed by atoms with E-state index in [2.05, 4.69) is 42.6 Å². The van der Waals surface area contributed by atoms with Crippen molar-refractivity contribution in [1.29, 1.82) is 0 Å². The smallest absolute Gasteiger partial charge is 0.0450 e. The summed E-state index contributed by atoms with van der Waals surface area (Å²) < 4.78 is 0. The molecule has 1 atom stereocenters. The van der Waals surface area contributed by atoms with Gasteiger partial charge in [0.25, 0.3) is 0 Å². The minimum absolute atomic E-state index is 0.224. The van der Waals surface area contributed by atoms with Gasteiger partial charge in [0.15, 0.2) is 0 Å². The van der Waals surface area contributed by atoms with Crippen molar-refractivity contribution in [1.82, 2.24) is 0 Å². The molecule has 0 aromatic heterocycles. The lowest BCUT2D eigenvalue weighted by Gasteiger charge is -2.14. The van der Waals surface area contributed by atoms with E-state index in [0.717, 1.165) is 12.1 Å². The molecular formula is C14H17NO. The average Bonchev–Trinajstić information content (AvgIpc) is 2.29. The van der Waals surface area contributed by atoms with Crippen LogP contribution in [0.3, 0.4) is 0 Å². The highest BCUT2D eigenvalue weighted by Gasteiger charge is 2.01. The van der Waals surface area contributed by atoms with Crippen LogP contribution in [0.15, 0.2) is 42.5 Å². The zero-order chi connectivity index (χ0) is 11.4. The molecule has 0 saturated heterocycles. The maximum atomic E-state index is 8.85. The zero-order valence-corrected chi connectivity index (χ0v) is 9.48. The summed E-state index contributed by atoms with van der Waals surface area (Å²) >= 11 is 0. The number of nitrogens with one attached hydrogen (secondary N) is 1. The molecule has 0 bridgehead atoms. The first-order valence-electron chi connectivity index (χ1n) is 5.66. The second-order valence-corrected chi connectivity index (χ2v) is 4.12. The minimum atomic E-state index is 0.224. The van der Waals surface area contributed by atoms with Gasteiger partial charge in [0.2, 0.25) is 0 Å². The standard InChI is InChI=1S/C14H17NO/c1-11(8-9-16)15-14-7-6-12-4-2-3-5-13(12)10-14/h2-7,10-11,15-16H,8-9H2,1H3. The molecule has 2 rings (SSSR count). The number of fused-ring (bicyclic) bond motifs is 1. The van der Waals surface area contributed by atoms with Crippen molar-refractivity contribution in [3.05, 3.63) is 42.5 Å². The van der Waals surface area contributed by atoms with Crippen LogP contribution in [0, 0.1) is 0 Å². The lowest BCUT2D eigenvalue weighted by Crippen LogP contribution is -2.16. The van der Waals surface area contributed by atoms with E-state index >= 15 is 0 Å². The van der Waals surface area contributed by atoms with Gasteiger partial charge in [-0.15, -0.1) is 0 Å². The first kappa shape index (κ1) is 11.0. The van der Waals surface area contributed by atoms with E-state index in [0.29, 0.717) is 6.04 Å². The van der Waals surface area contributed by atoms with Gasteiger partial charge in [0, 0.05) is 18.3 Å². The Morgan fingerprint density at radius 3 is 2.62 bits per heavy atom. The number of rotatable bonds is 4. The fourth-order valence-electron chi connectivity index (χ4n) is 1.83. The van der Waals surface area contributed by atoms with Gasteiger partial charge in [-0.3, -0.25) is 0 Å². The Morgan fingerprint density at radius 1 is 1.12 bits per heavy atom. The summed E-state index contributed by atoms with van der Waals surface area (Å²) in [5.74, 6) is 0. The number of benzene rings is 2. The van der Waals surface area contributed by atoms with Gasteiger partial charge in [-0.2, -0.15) is 0 Å². The molecule has 0 aliphatic heterocycles. The Balaban J connectivity index is 2.19. The second-order valence-electron chi connectivity index (χ2n) is 4.12. The van der Waals surface area contributed by atoms with Crippen LogP contribution in [-0.2, 0) is 0 Å². The van der Waals surface area contributed by atoms with E-state index in [9.17, 15) is 0 Å². The molecule has 2 heteroatoms. The third kappa shape index (κ3) is 2.52. The summed E-state index contributed by atoms with van der Waals surface area (Å²) in [5.41, 5.74) is 1.11. The van der Waals surface area contributed by atoms with Crippen LogP contribution in [-0.4, -0.2) is 17.8 Å². The molecule has 84 valence electrons. The van der Waals surface area contributed by atoms with Crippen molar-refractivity contribution in [2.45, 2.75) is 19.4 Å². The summed E-state index contributed by atoms with van der Waals surface area (Å²) in [7, 11) is 0. The van der Waals surface area contributed by atoms with E-state index in [1.165, 1.54) is 10.8 Å². The van der Waals surface area contributed by atoms with Gasteiger partial charge < -0.3 is 10.4 Å². The third-order valence-corrected chi connectivity index (χ3v) is 2.72. The first-order valence-corrected chi connectivity index (χ1v) is 5.66. The molecule has 2 N–H and O–H groups in total. The molecule has 0 radical (unpaired) electrons. The van der Waals surface area contributed by atoms with Crippen molar-refractivity contribution in [3.8, 4) is 0 Å². The Kier molecular flexibility index (Phi) is 3.42. The third-order valence-electron chi connectivity index (χ3n) is 2.72. The maximum Gasteiger partial charge on any atom is 0.0450 e. The Morgan fingerprint density at radius 2 is 1.88 bits per heavy atom. The monoisotopic (exact) mass is 215 g/mol. The Labute approximate surface area is 95.9 Å². The van der Waals surface area contributed by atoms with Crippen LogP contribution in [0.2, 0.25) is 0 Å². The highest BCUT2D eigenvalue weighted by Crippen LogP contribution is 2.19. The molecule has 1 unspecified atom stereocenters. The second kappa shape index (κ2) is 4.99. The summed E-state index contributed by atoms with van der Waals surface area (Å²) in [6.07, 6.45) is 0.771. The number of aliphatic hydroxyl groups excluding tert-OH is 1. The van der Waals surface area contributed by atoms with Crippen molar-refractivity contribution in [3.63, 3.8) is 0 Å². The van der Waals surface area contributed by atoms with Gasteiger partial charge in [-0.1, -0.05) is 30.3 Å². The van der Waals surface area contributed by atoms with Crippen LogP contribution in [0.5, 0.6) is 0 Å². The van der Waals surface area contributed by atoms with Crippen LogP contribution in [0.25, 0.3) is 10.8 Å². The van der Waals surface area contributed by atoms with Crippen LogP contribution in [0.4, 0.5) is 5.69 Å². The molecule has 0 aliphatic rings. The molecule has 0 saturated carbocycles. The molecule has 2 aromatic rings. The molecule has 0 fully saturated rings. The Hall–Kier alpha value is -1.54. The predicted octanol–water partition coefficient (Wildman–Crippen LogP) is 3.02. The first-order chi connectivity index (χ1) is 7.79. The van der Waals surface area contributed by atoms with Crippen molar-refractivity contribution < 1.29 is 5.11 Å². The molecule has 16 heavy (non-hydrogen) atoms. The summed E-state index contributed by atoms with van der Waals surface area (Å²) in [4.78, 5) is 0. The van der Waals surface area contributed by atoms with Gasteiger partial charge in [0.05, 0.1) is 0 Å². The normalized spacial score (nSPS) is 12.6. The number of anilines is 1. The number of hydrogen-bond donors (Lipinski definition) is 2. The SMILES string of the molecule is CC(CCO)Nc1ccc2ccccc2c1. The minimum Gasteiger partial charge on any atom is -0.396 e. The molecule has 2 aromatic carbocycles. The fraction of sp³-hybridized carbons (Fsp3) is 0.286. The highest BCUT2D eigenvalue weighted by molar-refractivity contribution is 5.85. The van der Waals surface area contributed by atoms with Gasteiger partial charge in [-0.25, -0.2) is 0 Å². The average molecular weight is 215 g/mol. The molecule has 0 heterocycles. The summed E-state index contributed by atoms with van der Waals surface area (Å²) in [5, 5.41) is 14.7. The maximum absolute atomic E-state index is 8.85. The summed E-state index contributed by atoms with van der Waals surface area (Å²) in [6.45, 7) is 2.30. The summed E-state index contributed by atoms with van der Waals surface area (Å²) in [6, 6.07) is 14.9. The Bertz CT molecular complexity index is 467. The highest BCUT2D eigenvalue weighted by atomic mass is 16.3. The van der Waals surface area contributed by atoms with E-state index in [1.807, 2.05) is 12.1 Å². The molecule has 0 aliphatic carbocycles. The fourth-order valence-corrected chi connectivity index (χ4v) is 1.83. The number of aliphatic hydroxyl groups is 1. The lowest BCUT2D eigenvalue weighted by atomic mass is 10.1. The molecular weight excluding hydrogens is 198 g/mol.